The van der Waals surface area contributed by atoms with Crippen LogP contribution in [0.3, 0.4) is 0 Å². The zero-order chi connectivity index (χ0) is 15.1. The number of rotatable bonds is 8. The van der Waals surface area contributed by atoms with Gasteiger partial charge in [0, 0.05) is 18.3 Å². The van der Waals surface area contributed by atoms with E-state index in [0.29, 0.717) is 6.54 Å². The van der Waals surface area contributed by atoms with Gasteiger partial charge in [0.05, 0.1) is 18.0 Å². The number of hydrogen-bond donors (Lipinski definition) is 1. The van der Waals surface area contributed by atoms with Crippen LogP contribution in [0.4, 0.5) is 0 Å². The molecule has 21 heavy (non-hydrogen) atoms. The van der Waals surface area contributed by atoms with Crippen LogP contribution >= 0.6 is 0 Å². The zero-order valence-corrected chi connectivity index (χ0v) is 13.0. The molecule has 0 amide bonds. The molecule has 4 nitrogen and oxygen atoms in total. The molecule has 4 heteroatoms. The van der Waals surface area contributed by atoms with Gasteiger partial charge in [-0.05, 0) is 37.6 Å². The first-order valence-corrected chi connectivity index (χ1v) is 7.73. The van der Waals surface area contributed by atoms with Crippen LogP contribution in [-0.2, 0) is 6.54 Å². The van der Waals surface area contributed by atoms with E-state index in [1.165, 1.54) is 19.3 Å². The summed E-state index contributed by atoms with van der Waals surface area (Å²) in [4.78, 5) is 0. The van der Waals surface area contributed by atoms with Gasteiger partial charge in [0.2, 0.25) is 0 Å². The average Bonchev–Trinajstić information content (AvgIpc) is 2.89. The second-order valence-corrected chi connectivity index (χ2v) is 5.29. The Kier molecular flexibility index (Phi) is 5.81. The SMILES string of the molecule is CCCCCCOc1ccc(-n2cc(CN)c(C)n2)cc1. The highest BCUT2D eigenvalue weighted by Crippen LogP contribution is 2.17. The summed E-state index contributed by atoms with van der Waals surface area (Å²) in [6, 6.07) is 8.03. The van der Waals surface area contributed by atoms with Crippen LogP contribution in [0.5, 0.6) is 5.75 Å². The Labute approximate surface area is 126 Å². The quantitative estimate of drug-likeness (QED) is 0.755. The lowest BCUT2D eigenvalue weighted by molar-refractivity contribution is 0.305. The molecule has 1 aromatic heterocycles. The maximum absolute atomic E-state index is 5.74. The van der Waals surface area contributed by atoms with Crippen LogP contribution in [0, 0.1) is 6.92 Å². The second kappa shape index (κ2) is 7.84. The van der Waals surface area contributed by atoms with E-state index in [0.717, 1.165) is 35.7 Å². The molecule has 0 aliphatic heterocycles. The van der Waals surface area contributed by atoms with E-state index in [1.807, 2.05) is 42.1 Å². The van der Waals surface area contributed by atoms with Crippen LogP contribution in [0.15, 0.2) is 30.5 Å². The van der Waals surface area contributed by atoms with Crippen molar-refractivity contribution in [2.45, 2.75) is 46.1 Å². The molecule has 0 radical (unpaired) electrons. The van der Waals surface area contributed by atoms with Crippen molar-refractivity contribution >= 4 is 0 Å². The fraction of sp³-hybridized carbons (Fsp3) is 0.471. The van der Waals surface area contributed by atoms with E-state index < -0.39 is 0 Å². The van der Waals surface area contributed by atoms with E-state index in [2.05, 4.69) is 12.0 Å². The zero-order valence-electron chi connectivity index (χ0n) is 13.0. The van der Waals surface area contributed by atoms with E-state index in [9.17, 15) is 0 Å². The Balaban J connectivity index is 1.92. The molecule has 0 atom stereocenters. The Morgan fingerprint density at radius 3 is 2.52 bits per heavy atom. The third-order valence-corrected chi connectivity index (χ3v) is 3.59. The number of nitrogens with zero attached hydrogens (tertiary/aromatic N) is 2. The van der Waals surface area contributed by atoms with Crippen LogP contribution in [0.1, 0.15) is 43.9 Å². The maximum Gasteiger partial charge on any atom is 0.119 e. The number of benzene rings is 1. The molecule has 0 aliphatic rings. The summed E-state index contributed by atoms with van der Waals surface area (Å²) in [6.07, 6.45) is 6.87. The summed E-state index contributed by atoms with van der Waals surface area (Å²) < 4.78 is 7.61. The Hall–Kier alpha value is -1.81. The molecule has 0 aliphatic carbocycles. The molecule has 0 fully saturated rings. The molecule has 1 aromatic carbocycles. The lowest BCUT2D eigenvalue weighted by Crippen LogP contribution is -1.98. The van der Waals surface area contributed by atoms with Crippen molar-refractivity contribution in [1.29, 1.82) is 0 Å². The van der Waals surface area contributed by atoms with Crippen LogP contribution in [-0.4, -0.2) is 16.4 Å². The molecule has 1 heterocycles. The van der Waals surface area contributed by atoms with Crippen molar-refractivity contribution in [2.24, 2.45) is 5.73 Å². The third kappa shape index (κ3) is 4.33. The minimum absolute atomic E-state index is 0.519. The third-order valence-electron chi connectivity index (χ3n) is 3.59. The average molecular weight is 287 g/mol. The smallest absolute Gasteiger partial charge is 0.119 e. The summed E-state index contributed by atoms with van der Waals surface area (Å²) in [5.41, 5.74) is 8.76. The van der Waals surface area contributed by atoms with Crippen LogP contribution in [0.25, 0.3) is 5.69 Å². The predicted octanol–water partition coefficient (Wildman–Crippen LogP) is 3.60. The van der Waals surface area contributed by atoms with Gasteiger partial charge in [-0.25, -0.2) is 4.68 Å². The topological polar surface area (TPSA) is 53.1 Å². The van der Waals surface area contributed by atoms with Crippen LogP contribution < -0.4 is 10.5 Å². The number of aryl methyl sites for hydroxylation is 1. The fourth-order valence-corrected chi connectivity index (χ4v) is 2.24. The summed E-state index contributed by atoms with van der Waals surface area (Å²) in [5.74, 6) is 0.915. The molecule has 0 saturated carbocycles. The number of unbranched alkanes of at least 4 members (excludes halogenated alkanes) is 3. The minimum Gasteiger partial charge on any atom is -0.494 e. The summed E-state index contributed by atoms with van der Waals surface area (Å²) in [6.45, 7) is 5.50. The first-order chi connectivity index (χ1) is 10.2. The number of ether oxygens (including phenoxy) is 1. The minimum atomic E-state index is 0.519. The van der Waals surface area contributed by atoms with E-state index in [4.69, 9.17) is 10.5 Å². The van der Waals surface area contributed by atoms with Crippen molar-refractivity contribution in [3.8, 4) is 11.4 Å². The highest BCUT2D eigenvalue weighted by molar-refractivity contribution is 5.37. The Morgan fingerprint density at radius 1 is 1.14 bits per heavy atom. The monoisotopic (exact) mass is 287 g/mol. The van der Waals surface area contributed by atoms with Gasteiger partial charge in [0.25, 0.3) is 0 Å². The predicted molar refractivity (Wildman–Crippen MR) is 85.8 cm³/mol. The molecule has 0 saturated heterocycles. The molecule has 0 spiro atoms. The lowest BCUT2D eigenvalue weighted by Gasteiger charge is -2.07. The number of aromatic nitrogens is 2. The molecule has 2 rings (SSSR count). The second-order valence-electron chi connectivity index (χ2n) is 5.29. The van der Waals surface area contributed by atoms with Gasteiger partial charge >= 0.3 is 0 Å². The first kappa shape index (κ1) is 15.6. The molecular formula is C17H25N3O. The normalized spacial score (nSPS) is 10.8. The Bertz CT molecular complexity index is 546. The van der Waals surface area contributed by atoms with Gasteiger partial charge in [0.1, 0.15) is 5.75 Å². The van der Waals surface area contributed by atoms with Gasteiger partial charge in [-0.1, -0.05) is 26.2 Å². The molecular weight excluding hydrogens is 262 g/mol. The molecule has 0 bridgehead atoms. The largest absolute Gasteiger partial charge is 0.494 e. The van der Waals surface area contributed by atoms with Crippen molar-refractivity contribution in [3.05, 3.63) is 41.7 Å². The number of nitrogens with two attached hydrogens (primary N) is 1. The van der Waals surface area contributed by atoms with Gasteiger partial charge < -0.3 is 10.5 Å². The van der Waals surface area contributed by atoms with Gasteiger partial charge in [-0.3, -0.25) is 0 Å². The summed E-state index contributed by atoms with van der Waals surface area (Å²) in [5, 5.41) is 4.47. The van der Waals surface area contributed by atoms with Gasteiger partial charge in [-0.15, -0.1) is 0 Å². The molecule has 2 N–H and O–H groups in total. The van der Waals surface area contributed by atoms with Gasteiger partial charge in [0.15, 0.2) is 0 Å². The van der Waals surface area contributed by atoms with Crippen molar-refractivity contribution in [3.63, 3.8) is 0 Å². The van der Waals surface area contributed by atoms with E-state index in [-0.39, 0.29) is 0 Å². The van der Waals surface area contributed by atoms with E-state index >= 15 is 0 Å². The summed E-state index contributed by atoms with van der Waals surface area (Å²) in [7, 11) is 0. The Morgan fingerprint density at radius 2 is 1.90 bits per heavy atom. The molecule has 2 aromatic rings. The van der Waals surface area contributed by atoms with Crippen LogP contribution in [0.2, 0.25) is 0 Å². The fourth-order valence-electron chi connectivity index (χ4n) is 2.24. The highest BCUT2D eigenvalue weighted by Gasteiger charge is 2.05. The first-order valence-electron chi connectivity index (χ1n) is 7.73. The standard InChI is InChI=1S/C17H25N3O/c1-3-4-5-6-11-21-17-9-7-16(8-10-17)20-13-15(12-18)14(2)19-20/h7-10,13H,3-6,11-12,18H2,1-2H3. The molecule has 0 unspecified atom stereocenters. The van der Waals surface area contributed by atoms with Gasteiger partial charge in [-0.2, -0.15) is 5.10 Å². The lowest BCUT2D eigenvalue weighted by atomic mass is 10.2. The van der Waals surface area contributed by atoms with Crippen molar-refractivity contribution < 1.29 is 4.74 Å². The maximum atomic E-state index is 5.74. The van der Waals surface area contributed by atoms with Crippen molar-refractivity contribution in [2.75, 3.05) is 6.61 Å². The summed E-state index contributed by atoms with van der Waals surface area (Å²) >= 11 is 0. The van der Waals surface area contributed by atoms with Crippen molar-refractivity contribution in [1.82, 2.24) is 9.78 Å². The highest BCUT2D eigenvalue weighted by atomic mass is 16.5. The molecule has 114 valence electrons. The van der Waals surface area contributed by atoms with E-state index in [1.54, 1.807) is 0 Å². The number of hydrogen-bond acceptors (Lipinski definition) is 3.